The number of nitriles is 1. The summed E-state index contributed by atoms with van der Waals surface area (Å²) in [5.41, 5.74) is 0.911. The van der Waals surface area contributed by atoms with E-state index >= 15 is 0 Å². The van der Waals surface area contributed by atoms with Crippen LogP contribution in [0.5, 0.6) is 0 Å². The molecule has 0 heterocycles. The molecule has 0 fully saturated rings. The van der Waals surface area contributed by atoms with Crippen molar-refractivity contribution >= 4 is 21.7 Å². The third-order valence-electron chi connectivity index (χ3n) is 2.77. The van der Waals surface area contributed by atoms with Crippen molar-refractivity contribution in [3.8, 4) is 6.07 Å². The first kappa shape index (κ1) is 16.0. The fraction of sp³-hybridized carbons (Fsp3) is 0.385. The normalized spacial score (nSPS) is 12.4. The van der Waals surface area contributed by atoms with Gasteiger partial charge in [0.05, 0.1) is 11.8 Å². The first-order valence-electron chi connectivity index (χ1n) is 6.11. The molecule has 108 valence electrons. The lowest BCUT2D eigenvalue weighted by Crippen LogP contribution is -2.26. The van der Waals surface area contributed by atoms with Crippen LogP contribution in [0.2, 0.25) is 0 Å². The summed E-state index contributed by atoms with van der Waals surface area (Å²) in [6, 6.07) is 8.31. The van der Waals surface area contributed by atoms with E-state index in [1.807, 2.05) is 0 Å². The molecular weight excluding hydrogens is 280 g/mol. The Morgan fingerprint density at radius 2 is 2.10 bits per heavy atom. The van der Waals surface area contributed by atoms with Crippen LogP contribution in [-0.2, 0) is 21.2 Å². The highest BCUT2D eigenvalue weighted by Crippen LogP contribution is 2.20. The van der Waals surface area contributed by atoms with Gasteiger partial charge in [0.15, 0.2) is 5.25 Å². The number of carboxylic acids is 1. The summed E-state index contributed by atoms with van der Waals surface area (Å²) in [6.45, 7) is 1.61. The number of nitrogens with zero attached hydrogens (tertiary/aromatic N) is 1. The SMILES string of the molecule is CCC(C#N)S(=O)(=O)Nc1ccccc1CCC(=O)O. The molecular formula is C13H16N2O4S. The number of para-hydroxylation sites is 1. The fourth-order valence-electron chi connectivity index (χ4n) is 1.68. The topological polar surface area (TPSA) is 107 Å². The highest BCUT2D eigenvalue weighted by molar-refractivity contribution is 7.93. The summed E-state index contributed by atoms with van der Waals surface area (Å²) in [4.78, 5) is 10.6. The molecule has 0 saturated carbocycles. The Balaban J connectivity index is 2.98. The Hall–Kier alpha value is -2.07. The van der Waals surface area contributed by atoms with Crippen LogP contribution >= 0.6 is 0 Å². The van der Waals surface area contributed by atoms with Gasteiger partial charge < -0.3 is 5.11 Å². The second-order valence-electron chi connectivity index (χ2n) is 4.22. The predicted octanol–water partition coefficient (Wildman–Crippen LogP) is 1.75. The number of benzene rings is 1. The number of carboxylic acid groups (broad SMARTS) is 1. The van der Waals surface area contributed by atoms with Gasteiger partial charge in [0, 0.05) is 6.42 Å². The number of sulfonamides is 1. The van der Waals surface area contributed by atoms with Gasteiger partial charge in [-0.3, -0.25) is 9.52 Å². The Morgan fingerprint density at radius 3 is 2.65 bits per heavy atom. The van der Waals surface area contributed by atoms with Crippen molar-refractivity contribution in [3.63, 3.8) is 0 Å². The van der Waals surface area contributed by atoms with Gasteiger partial charge in [0.25, 0.3) is 0 Å². The van der Waals surface area contributed by atoms with Gasteiger partial charge in [-0.15, -0.1) is 0 Å². The minimum atomic E-state index is -3.80. The van der Waals surface area contributed by atoms with Crippen molar-refractivity contribution in [2.75, 3.05) is 4.72 Å². The molecule has 0 aromatic heterocycles. The summed E-state index contributed by atoms with van der Waals surface area (Å²) in [5, 5.41) is 16.4. The van der Waals surface area contributed by atoms with E-state index in [9.17, 15) is 13.2 Å². The van der Waals surface area contributed by atoms with Gasteiger partial charge in [-0.1, -0.05) is 25.1 Å². The van der Waals surface area contributed by atoms with Crippen LogP contribution in [-0.4, -0.2) is 24.7 Å². The molecule has 1 aromatic carbocycles. The highest BCUT2D eigenvalue weighted by atomic mass is 32.2. The maximum Gasteiger partial charge on any atom is 0.303 e. The van der Waals surface area contributed by atoms with Crippen LogP contribution in [0.1, 0.15) is 25.3 Å². The number of hydrogen-bond acceptors (Lipinski definition) is 4. The highest BCUT2D eigenvalue weighted by Gasteiger charge is 2.24. The Bertz CT molecular complexity index is 620. The minimum absolute atomic E-state index is 0.0891. The molecule has 0 bridgehead atoms. The summed E-state index contributed by atoms with van der Waals surface area (Å²) < 4.78 is 26.4. The van der Waals surface area contributed by atoms with Crippen LogP contribution in [0.25, 0.3) is 0 Å². The van der Waals surface area contributed by atoms with Crippen LogP contribution in [0.15, 0.2) is 24.3 Å². The van der Waals surface area contributed by atoms with Crippen molar-refractivity contribution in [1.29, 1.82) is 5.26 Å². The summed E-state index contributed by atoms with van der Waals surface area (Å²) >= 11 is 0. The maximum atomic E-state index is 12.0. The number of anilines is 1. The fourth-order valence-corrected chi connectivity index (χ4v) is 2.91. The van der Waals surface area contributed by atoms with Gasteiger partial charge in [0.2, 0.25) is 10.0 Å². The molecule has 0 spiro atoms. The first-order chi connectivity index (χ1) is 9.40. The van der Waals surface area contributed by atoms with Crippen LogP contribution < -0.4 is 4.72 Å². The molecule has 6 nitrogen and oxygen atoms in total. The minimum Gasteiger partial charge on any atom is -0.481 e. The molecule has 1 atom stereocenters. The molecule has 0 amide bonds. The summed E-state index contributed by atoms with van der Waals surface area (Å²) in [5.74, 6) is -0.953. The number of nitrogens with one attached hydrogen (secondary N) is 1. The maximum absolute atomic E-state index is 12.0. The Kier molecular flexibility index (Phi) is 5.53. The van der Waals surface area contributed by atoms with E-state index in [0.717, 1.165) is 0 Å². The Morgan fingerprint density at radius 1 is 1.45 bits per heavy atom. The molecule has 0 aliphatic carbocycles. The average Bonchev–Trinajstić information content (AvgIpc) is 2.38. The van der Waals surface area contributed by atoms with E-state index in [1.54, 1.807) is 37.3 Å². The predicted molar refractivity (Wildman–Crippen MR) is 74.6 cm³/mol. The second-order valence-corrected chi connectivity index (χ2v) is 6.09. The number of rotatable bonds is 7. The largest absolute Gasteiger partial charge is 0.481 e. The van der Waals surface area contributed by atoms with Crippen LogP contribution in [0, 0.1) is 11.3 Å². The quantitative estimate of drug-likeness (QED) is 0.797. The third kappa shape index (κ3) is 4.24. The van der Waals surface area contributed by atoms with E-state index in [0.29, 0.717) is 11.3 Å². The molecule has 0 saturated heterocycles. The molecule has 0 radical (unpaired) electrons. The lowest BCUT2D eigenvalue weighted by atomic mass is 10.1. The van der Waals surface area contributed by atoms with Crippen molar-refractivity contribution in [2.24, 2.45) is 0 Å². The van der Waals surface area contributed by atoms with E-state index in [2.05, 4.69) is 4.72 Å². The van der Waals surface area contributed by atoms with Crippen molar-refractivity contribution in [3.05, 3.63) is 29.8 Å². The molecule has 7 heteroatoms. The first-order valence-corrected chi connectivity index (χ1v) is 7.66. The second kappa shape index (κ2) is 6.91. The summed E-state index contributed by atoms with van der Waals surface area (Å²) in [6.07, 6.45) is 0.314. The Labute approximate surface area is 118 Å². The lowest BCUT2D eigenvalue weighted by molar-refractivity contribution is -0.136. The molecule has 1 unspecified atom stereocenters. The zero-order valence-corrected chi connectivity index (χ0v) is 11.9. The third-order valence-corrected chi connectivity index (χ3v) is 4.46. The van der Waals surface area contributed by atoms with Crippen molar-refractivity contribution in [2.45, 2.75) is 31.4 Å². The van der Waals surface area contributed by atoms with E-state index < -0.39 is 21.2 Å². The standard InChI is InChI=1S/C13H16N2O4S/c1-2-11(9-14)20(18,19)15-12-6-4-3-5-10(12)7-8-13(16)17/h3-6,11,15H,2,7-8H2,1H3,(H,16,17). The molecule has 1 rings (SSSR count). The van der Waals surface area contributed by atoms with Crippen molar-refractivity contribution < 1.29 is 18.3 Å². The zero-order valence-electron chi connectivity index (χ0n) is 11.0. The van der Waals surface area contributed by atoms with E-state index in [4.69, 9.17) is 10.4 Å². The van der Waals surface area contributed by atoms with Gasteiger partial charge >= 0.3 is 5.97 Å². The lowest BCUT2D eigenvalue weighted by Gasteiger charge is -2.14. The zero-order chi connectivity index (χ0) is 15.2. The molecule has 2 N–H and O–H groups in total. The van der Waals surface area contributed by atoms with Crippen LogP contribution in [0.4, 0.5) is 5.69 Å². The van der Waals surface area contributed by atoms with Gasteiger partial charge in [-0.05, 0) is 24.5 Å². The molecule has 20 heavy (non-hydrogen) atoms. The monoisotopic (exact) mass is 296 g/mol. The molecule has 0 aliphatic rings. The smallest absolute Gasteiger partial charge is 0.303 e. The summed E-state index contributed by atoms with van der Waals surface area (Å²) in [7, 11) is -3.80. The van der Waals surface area contributed by atoms with Gasteiger partial charge in [0.1, 0.15) is 0 Å². The van der Waals surface area contributed by atoms with Crippen LogP contribution in [0.3, 0.4) is 0 Å². The number of hydrogen-bond donors (Lipinski definition) is 2. The van der Waals surface area contributed by atoms with Gasteiger partial charge in [-0.2, -0.15) is 5.26 Å². The molecule has 0 aliphatic heterocycles. The number of carbonyl (C=O) groups is 1. The van der Waals surface area contributed by atoms with Gasteiger partial charge in [-0.25, -0.2) is 8.42 Å². The average molecular weight is 296 g/mol. The van der Waals surface area contributed by atoms with Crippen molar-refractivity contribution in [1.82, 2.24) is 0 Å². The number of aliphatic carboxylic acids is 1. The molecule has 1 aromatic rings. The van der Waals surface area contributed by atoms with E-state index in [-0.39, 0.29) is 19.3 Å². The number of aryl methyl sites for hydroxylation is 1. The van der Waals surface area contributed by atoms with E-state index in [1.165, 1.54) is 0 Å².